The highest BCUT2D eigenvalue weighted by atomic mass is 19.4. The predicted octanol–water partition coefficient (Wildman–Crippen LogP) is 2.17. The number of aromatic hydroxyl groups is 1. The number of carbonyl (C=O) groups is 1. The average molecular weight is 339 g/mol. The molecule has 10 heteroatoms. The number of fused-ring (bicyclic) bond motifs is 1. The quantitative estimate of drug-likeness (QED) is 0.673. The van der Waals surface area contributed by atoms with E-state index in [4.69, 9.17) is 5.73 Å². The van der Waals surface area contributed by atoms with Gasteiger partial charge in [0.15, 0.2) is 5.82 Å². The predicted molar refractivity (Wildman–Crippen MR) is 74.9 cm³/mol. The molecule has 0 saturated carbocycles. The van der Waals surface area contributed by atoms with Crippen molar-refractivity contribution in [1.29, 1.82) is 0 Å². The van der Waals surface area contributed by atoms with Gasteiger partial charge in [-0.1, -0.05) is 5.16 Å². The van der Waals surface area contributed by atoms with Gasteiger partial charge < -0.3 is 20.3 Å². The van der Waals surface area contributed by atoms with E-state index >= 15 is 0 Å². The highest BCUT2D eigenvalue weighted by Crippen LogP contribution is 2.29. The second-order valence-electron chi connectivity index (χ2n) is 4.94. The van der Waals surface area contributed by atoms with E-state index in [0.29, 0.717) is 16.5 Å². The molecular weight excluding hydrogens is 329 g/mol. The van der Waals surface area contributed by atoms with Gasteiger partial charge in [0.05, 0.1) is 0 Å². The number of nitrogens with one attached hydrogen (secondary N) is 1. The van der Waals surface area contributed by atoms with Crippen molar-refractivity contribution in [2.75, 3.05) is 0 Å². The number of primary amides is 1. The first kappa shape index (κ1) is 15.8. The Bertz CT molecular complexity index is 914. The summed E-state index contributed by atoms with van der Waals surface area (Å²) in [5.74, 6) is -2.50. The van der Waals surface area contributed by atoms with Crippen LogP contribution >= 0.6 is 0 Å². The molecule has 1 aromatic carbocycles. The van der Waals surface area contributed by atoms with Gasteiger partial charge in [-0.25, -0.2) is 0 Å². The molecule has 7 nitrogen and oxygen atoms in total. The molecular formula is C14H10F3N4O3. The maximum atomic E-state index is 12.4. The lowest BCUT2D eigenvalue weighted by Gasteiger charge is -2.00. The molecule has 0 aliphatic rings. The molecule has 0 aliphatic carbocycles. The molecule has 0 bridgehead atoms. The molecule has 2 aromatic heterocycles. The number of aromatic amines is 1. The number of carbonyl (C=O) groups excluding carboxylic acids is 1. The van der Waals surface area contributed by atoms with Crippen LogP contribution in [0.4, 0.5) is 13.2 Å². The van der Waals surface area contributed by atoms with Crippen LogP contribution < -0.4 is 5.73 Å². The Labute approximate surface area is 132 Å². The van der Waals surface area contributed by atoms with Crippen molar-refractivity contribution in [2.24, 2.45) is 5.73 Å². The van der Waals surface area contributed by atoms with Crippen LogP contribution in [0.15, 0.2) is 22.7 Å². The van der Waals surface area contributed by atoms with Crippen LogP contribution in [0, 0.1) is 6.42 Å². The SMILES string of the molecule is NC(=O)c1[nH]c2ccc(O)cc2c1C[CH]c1noc(C(F)(F)F)n1. The van der Waals surface area contributed by atoms with Gasteiger partial charge in [-0.05, 0) is 30.2 Å². The highest BCUT2D eigenvalue weighted by molar-refractivity contribution is 6.00. The first-order valence-corrected chi connectivity index (χ1v) is 6.63. The number of phenolic OH excluding ortho intramolecular Hbond substituents is 1. The van der Waals surface area contributed by atoms with Crippen LogP contribution in [0.2, 0.25) is 0 Å². The van der Waals surface area contributed by atoms with Crippen LogP contribution in [0.1, 0.15) is 27.8 Å². The van der Waals surface area contributed by atoms with Crippen molar-refractivity contribution in [3.63, 3.8) is 0 Å². The molecule has 0 aliphatic heterocycles. The van der Waals surface area contributed by atoms with Gasteiger partial charge in [-0.15, -0.1) is 0 Å². The molecule has 1 radical (unpaired) electrons. The third-order valence-corrected chi connectivity index (χ3v) is 3.31. The molecule has 125 valence electrons. The van der Waals surface area contributed by atoms with E-state index in [2.05, 4.69) is 19.6 Å². The minimum Gasteiger partial charge on any atom is -0.508 e. The summed E-state index contributed by atoms with van der Waals surface area (Å²) in [6.45, 7) is 0. The molecule has 0 unspecified atom stereocenters. The van der Waals surface area contributed by atoms with Gasteiger partial charge in [0, 0.05) is 17.3 Å². The molecule has 2 heterocycles. The molecule has 3 rings (SSSR count). The van der Waals surface area contributed by atoms with Gasteiger partial charge in [0.1, 0.15) is 11.4 Å². The number of nitrogens with two attached hydrogens (primary N) is 1. The van der Waals surface area contributed by atoms with Crippen molar-refractivity contribution in [2.45, 2.75) is 12.6 Å². The zero-order valence-corrected chi connectivity index (χ0v) is 11.9. The standard InChI is InChI=1S/C14H10F3N4O3/c15-14(16,17)13-20-10(21-24-13)4-2-7-8-5-6(22)1-3-9(8)19-11(7)12(18)23/h1,3-5,19,22H,2H2,(H2,18,23). The maximum absolute atomic E-state index is 12.4. The zero-order chi connectivity index (χ0) is 17.5. The Hall–Kier alpha value is -3.04. The summed E-state index contributed by atoms with van der Waals surface area (Å²) in [4.78, 5) is 17.6. The van der Waals surface area contributed by atoms with E-state index in [9.17, 15) is 23.1 Å². The van der Waals surface area contributed by atoms with Crippen molar-refractivity contribution in [3.8, 4) is 5.75 Å². The molecule has 1 amide bonds. The van der Waals surface area contributed by atoms with Gasteiger partial charge in [0.25, 0.3) is 5.91 Å². The fourth-order valence-electron chi connectivity index (χ4n) is 2.28. The van der Waals surface area contributed by atoms with Gasteiger partial charge >= 0.3 is 12.1 Å². The van der Waals surface area contributed by atoms with Crippen LogP contribution in [0.3, 0.4) is 0 Å². The Kier molecular flexibility index (Phi) is 3.66. The van der Waals surface area contributed by atoms with Crippen LogP contribution in [-0.2, 0) is 12.6 Å². The molecule has 0 fully saturated rings. The van der Waals surface area contributed by atoms with Crippen molar-refractivity contribution in [1.82, 2.24) is 15.1 Å². The Morgan fingerprint density at radius 2 is 2.17 bits per heavy atom. The van der Waals surface area contributed by atoms with Gasteiger partial charge in [-0.2, -0.15) is 18.2 Å². The molecule has 24 heavy (non-hydrogen) atoms. The summed E-state index contributed by atoms with van der Waals surface area (Å²) in [6.07, 6.45) is -3.46. The number of hydrogen-bond donors (Lipinski definition) is 3. The third-order valence-electron chi connectivity index (χ3n) is 3.31. The lowest BCUT2D eigenvalue weighted by atomic mass is 10.0. The average Bonchev–Trinajstić information content (AvgIpc) is 3.08. The van der Waals surface area contributed by atoms with E-state index in [1.165, 1.54) is 18.6 Å². The number of halogens is 3. The highest BCUT2D eigenvalue weighted by Gasteiger charge is 2.38. The summed E-state index contributed by atoms with van der Waals surface area (Å²) in [7, 11) is 0. The maximum Gasteiger partial charge on any atom is 0.471 e. The minimum absolute atomic E-state index is 0.0125. The molecule has 4 N–H and O–H groups in total. The van der Waals surface area contributed by atoms with E-state index in [-0.39, 0.29) is 23.7 Å². The largest absolute Gasteiger partial charge is 0.508 e. The molecule has 0 saturated heterocycles. The van der Waals surface area contributed by atoms with Crippen LogP contribution in [-0.4, -0.2) is 26.1 Å². The smallest absolute Gasteiger partial charge is 0.471 e. The fourth-order valence-corrected chi connectivity index (χ4v) is 2.28. The van der Waals surface area contributed by atoms with Crippen LogP contribution in [0.25, 0.3) is 10.9 Å². The van der Waals surface area contributed by atoms with Crippen molar-refractivity contribution in [3.05, 3.63) is 47.6 Å². The van der Waals surface area contributed by atoms with E-state index in [0.717, 1.165) is 0 Å². The Morgan fingerprint density at radius 1 is 1.42 bits per heavy atom. The normalized spacial score (nSPS) is 12.0. The number of rotatable bonds is 4. The summed E-state index contributed by atoms with van der Waals surface area (Å²) < 4.78 is 41.4. The zero-order valence-electron chi connectivity index (χ0n) is 11.9. The number of aromatic nitrogens is 3. The van der Waals surface area contributed by atoms with Gasteiger partial charge in [0.2, 0.25) is 0 Å². The second-order valence-corrected chi connectivity index (χ2v) is 4.94. The first-order chi connectivity index (χ1) is 11.3. The number of amides is 1. The first-order valence-electron chi connectivity index (χ1n) is 6.63. The summed E-state index contributed by atoms with van der Waals surface area (Å²) >= 11 is 0. The second kappa shape index (κ2) is 5.55. The topological polar surface area (TPSA) is 118 Å². The van der Waals surface area contributed by atoms with Crippen molar-refractivity contribution >= 4 is 16.8 Å². The van der Waals surface area contributed by atoms with E-state index < -0.39 is 18.0 Å². The summed E-state index contributed by atoms with van der Waals surface area (Å²) in [5, 5.41) is 13.3. The molecule has 0 spiro atoms. The van der Waals surface area contributed by atoms with Gasteiger partial charge in [-0.3, -0.25) is 4.79 Å². The molecule has 0 atom stereocenters. The number of phenols is 1. The van der Waals surface area contributed by atoms with Crippen molar-refractivity contribution < 1.29 is 27.6 Å². The molecule has 3 aromatic rings. The lowest BCUT2D eigenvalue weighted by molar-refractivity contribution is -0.159. The number of benzene rings is 1. The third kappa shape index (κ3) is 2.90. The monoisotopic (exact) mass is 339 g/mol. The Balaban J connectivity index is 1.92. The number of nitrogens with zero attached hydrogens (tertiary/aromatic N) is 2. The Morgan fingerprint density at radius 3 is 2.79 bits per heavy atom. The minimum atomic E-state index is -4.73. The van der Waals surface area contributed by atoms with E-state index in [1.807, 2.05) is 0 Å². The summed E-state index contributed by atoms with van der Waals surface area (Å²) in [5.41, 5.74) is 6.35. The summed E-state index contributed by atoms with van der Waals surface area (Å²) in [6, 6.07) is 4.39. The number of H-pyrrole nitrogens is 1. The fraction of sp³-hybridized carbons (Fsp3) is 0.143. The van der Waals surface area contributed by atoms with Crippen LogP contribution in [0.5, 0.6) is 5.75 Å². The number of alkyl halides is 3. The van der Waals surface area contributed by atoms with E-state index in [1.54, 1.807) is 6.07 Å². The number of hydrogen-bond acceptors (Lipinski definition) is 5. The lowest BCUT2D eigenvalue weighted by Crippen LogP contribution is -2.14.